The molecule has 0 saturated carbocycles. The Morgan fingerprint density at radius 2 is 1.64 bits per heavy atom. The number of carbonyl (C=O) groups is 1. The van der Waals surface area contributed by atoms with E-state index in [1.807, 2.05) is 6.07 Å². The molecule has 168 valence electrons. The standard InChI is InChI=1S/C24H19FN2O5S/c25-17-7-5-16(6-8-17)23-15-21(20-3-1-2-4-22(20)27-23)24(28)32-14-13-31-18-9-11-19(12-10-18)33(26,29)30/h1-12,15H,13-14H2,(H2,26,29,30). The SMILES string of the molecule is NS(=O)(=O)c1ccc(OCCOC(=O)c2cc(-c3ccc(F)cc3)nc3ccccc23)cc1. The molecule has 33 heavy (non-hydrogen) atoms. The Morgan fingerprint density at radius 3 is 2.33 bits per heavy atom. The summed E-state index contributed by atoms with van der Waals surface area (Å²) in [5.41, 5.74) is 2.13. The lowest BCUT2D eigenvalue weighted by atomic mass is 10.0. The topological polar surface area (TPSA) is 109 Å². The average Bonchev–Trinajstić information content (AvgIpc) is 2.81. The summed E-state index contributed by atoms with van der Waals surface area (Å²) in [6, 6.07) is 20.2. The number of halogens is 1. The molecule has 0 radical (unpaired) electrons. The van der Waals surface area contributed by atoms with Gasteiger partial charge in [-0.25, -0.2) is 27.7 Å². The van der Waals surface area contributed by atoms with E-state index in [4.69, 9.17) is 14.6 Å². The number of para-hydroxylation sites is 1. The molecular weight excluding hydrogens is 447 g/mol. The summed E-state index contributed by atoms with van der Waals surface area (Å²) < 4.78 is 46.8. The van der Waals surface area contributed by atoms with Gasteiger partial charge in [0, 0.05) is 10.9 Å². The second-order valence-corrected chi connectivity index (χ2v) is 8.64. The summed E-state index contributed by atoms with van der Waals surface area (Å²) in [7, 11) is -3.78. The van der Waals surface area contributed by atoms with Crippen LogP contribution in [-0.2, 0) is 14.8 Å². The van der Waals surface area contributed by atoms with Crippen LogP contribution < -0.4 is 9.88 Å². The Bertz CT molecular complexity index is 1410. The van der Waals surface area contributed by atoms with E-state index >= 15 is 0 Å². The molecule has 0 aliphatic carbocycles. The van der Waals surface area contributed by atoms with Crippen molar-refractivity contribution in [2.75, 3.05) is 13.2 Å². The second kappa shape index (κ2) is 9.35. The van der Waals surface area contributed by atoms with E-state index in [0.717, 1.165) is 0 Å². The Morgan fingerprint density at radius 1 is 0.939 bits per heavy atom. The van der Waals surface area contributed by atoms with Crippen molar-refractivity contribution >= 4 is 26.9 Å². The van der Waals surface area contributed by atoms with Crippen molar-refractivity contribution in [3.8, 4) is 17.0 Å². The Hall–Kier alpha value is -3.82. The van der Waals surface area contributed by atoms with E-state index in [1.165, 1.54) is 36.4 Å². The minimum Gasteiger partial charge on any atom is -0.490 e. The smallest absolute Gasteiger partial charge is 0.339 e. The lowest BCUT2D eigenvalue weighted by Gasteiger charge is -2.11. The van der Waals surface area contributed by atoms with Crippen molar-refractivity contribution in [1.29, 1.82) is 0 Å². The molecule has 0 saturated heterocycles. The lowest BCUT2D eigenvalue weighted by molar-refractivity contribution is 0.0452. The first-order valence-corrected chi connectivity index (χ1v) is 11.4. The zero-order valence-corrected chi connectivity index (χ0v) is 18.1. The summed E-state index contributed by atoms with van der Waals surface area (Å²) in [5, 5.41) is 5.70. The highest BCUT2D eigenvalue weighted by molar-refractivity contribution is 7.89. The maximum atomic E-state index is 13.3. The van der Waals surface area contributed by atoms with Gasteiger partial charge in [0.2, 0.25) is 10.0 Å². The zero-order chi connectivity index (χ0) is 23.4. The molecule has 1 aromatic heterocycles. The number of fused-ring (bicyclic) bond motifs is 1. The van der Waals surface area contributed by atoms with Crippen molar-refractivity contribution in [2.45, 2.75) is 4.90 Å². The molecule has 0 spiro atoms. The zero-order valence-electron chi connectivity index (χ0n) is 17.3. The fourth-order valence-electron chi connectivity index (χ4n) is 3.21. The lowest BCUT2D eigenvalue weighted by Crippen LogP contribution is -2.14. The highest BCUT2D eigenvalue weighted by Gasteiger charge is 2.15. The summed E-state index contributed by atoms with van der Waals surface area (Å²) in [6.45, 7) is 0.0343. The summed E-state index contributed by atoms with van der Waals surface area (Å²) in [4.78, 5) is 17.4. The number of rotatable bonds is 7. The third-order valence-electron chi connectivity index (χ3n) is 4.81. The Labute approximate surface area is 189 Å². The van der Waals surface area contributed by atoms with Crippen LogP contribution >= 0.6 is 0 Å². The molecule has 0 aliphatic heterocycles. The molecule has 3 aromatic carbocycles. The fourth-order valence-corrected chi connectivity index (χ4v) is 3.73. The number of esters is 1. The Kier molecular flexibility index (Phi) is 6.34. The summed E-state index contributed by atoms with van der Waals surface area (Å²) in [6.07, 6.45) is 0. The molecule has 0 amide bonds. The number of primary sulfonamides is 1. The highest BCUT2D eigenvalue weighted by Crippen LogP contribution is 2.25. The molecule has 0 fully saturated rings. The van der Waals surface area contributed by atoms with E-state index in [2.05, 4.69) is 4.98 Å². The first-order chi connectivity index (χ1) is 15.8. The minimum atomic E-state index is -3.78. The number of hydrogen-bond donors (Lipinski definition) is 1. The molecule has 4 aromatic rings. The van der Waals surface area contributed by atoms with Gasteiger partial charge in [-0.1, -0.05) is 18.2 Å². The van der Waals surface area contributed by atoms with Gasteiger partial charge in [-0.05, 0) is 60.7 Å². The van der Waals surface area contributed by atoms with Gasteiger partial charge in [0.1, 0.15) is 24.8 Å². The number of benzene rings is 3. The number of nitrogens with zero attached hydrogens (tertiary/aromatic N) is 1. The van der Waals surface area contributed by atoms with Crippen molar-refractivity contribution in [3.63, 3.8) is 0 Å². The Balaban J connectivity index is 1.47. The van der Waals surface area contributed by atoms with Crippen LogP contribution in [0.1, 0.15) is 10.4 Å². The predicted octanol–water partition coefficient (Wildman–Crippen LogP) is 3.92. The number of sulfonamides is 1. The molecular formula is C24H19FN2O5S. The maximum Gasteiger partial charge on any atom is 0.339 e. The molecule has 9 heteroatoms. The van der Waals surface area contributed by atoms with Gasteiger partial charge in [0.05, 0.1) is 21.7 Å². The van der Waals surface area contributed by atoms with Gasteiger partial charge in [-0.3, -0.25) is 0 Å². The monoisotopic (exact) mass is 466 g/mol. The molecule has 0 bridgehead atoms. The molecule has 0 unspecified atom stereocenters. The van der Waals surface area contributed by atoms with Crippen molar-refractivity contribution < 1.29 is 27.1 Å². The molecule has 4 rings (SSSR count). The van der Waals surface area contributed by atoms with E-state index < -0.39 is 16.0 Å². The quantitative estimate of drug-likeness (QED) is 0.327. The molecule has 1 heterocycles. The van der Waals surface area contributed by atoms with Crippen LogP contribution in [0, 0.1) is 5.82 Å². The number of aromatic nitrogens is 1. The van der Waals surface area contributed by atoms with Crippen LogP contribution in [0.15, 0.2) is 83.8 Å². The van der Waals surface area contributed by atoms with E-state index in [0.29, 0.717) is 33.5 Å². The molecule has 0 aliphatic rings. The van der Waals surface area contributed by atoms with Crippen LogP contribution in [0.3, 0.4) is 0 Å². The number of hydrogen-bond acceptors (Lipinski definition) is 6. The van der Waals surface area contributed by atoms with Crippen molar-refractivity contribution in [2.24, 2.45) is 5.14 Å². The first kappa shape index (κ1) is 22.4. The summed E-state index contributed by atoms with van der Waals surface area (Å²) in [5.74, 6) is -0.505. The van der Waals surface area contributed by atoms with Gasteiger partial charge in [0.15, 0.2) is 0 Å². The van der Waals surface area contributed by atoms with Crippen molar-refractivity contribution in [1.82, 2.24) is 4.98 Å². The molecule has 0 atom stereocenters. The van der Waals surface area contributed by atoms with E-state index in [1.54, 1.807) is 36.4 Å². The van der Waals surface area contributed by atoms with Gasteiger partial charge in [0.25, 0.3) is 0 Å². The fraction of sp³-hybridized carbons (Fsp3) is 0.0833. The maximum absolute atomic E-state index is 13.3. The highest BCUT2D eigenvalue weighted by atomic mass is 32.2. The predicted molar refractivity (Wildman–Crippen MR) is 121 cm³/mol. The third-order valence-corrected chi connectivity index (χ3v) is 5.74. The average molecular weight is 466 g/mol. The number of nitrogens with two attached hydrogens (primary N) is 1. The van der Waals surface area contributed by atoms with Crippen LogP contribution in [-0.4, -0.2) is 32.6 Å². The number of pyridine rings is 1. The van der Waals surface area contributed by atoms with Gasteiger partial charge in [-0.15, -0.1) is 0 Å². The van der Waals surface area contributed by atoms with Gasteiger partial charge in [-0.2, -0.15) is 0 Å². The summed E-state index contributed by atoms with van der Waals surface area (Å²) >= 11 is 0. The number of ether oxygens (including phenoxy) is 2. The van der Waals surface area contributed by atoms with E-state index in [9.17, 15) is 17.6 Å². The van der Waals surface area contributed by atoms with Crippen molar-refractivity contribution in [3.05, 3.63) is 90.2 Å². The molecule has 2 N–H and O–H groups in total. The minimum absolute atomic E-state index is 0.0252. The van der Waals surface area contributed by atoms with Crippen LogP contribution in [0.4, 0.5) is 4.39 Å². The first-order valence-electron chi connectivity index (χ1n) is 9.90. The second-order valence-electron chi connectivity index (χ2n) is 7.08. The van der Waals surface area contributed by atoms with Crippen LogP contribution in [0.2, 0.25) is 0 Å². The van der Waals surface area contributed by atoms with Crippen LogP contribution in [0.5, 0.6) is 5.75 Å². The number of carbonyl (C=O) groups excluding carboxylic acids is 1. The largest absolute Gasteiger partial charge is 0.490 e. The van der Waals surface area contributed by atoms with Crippen LogP contribution in [0.25, 0.3) is 22.2 Å². The normalized spacial score (nSPS) is 11.3. The van der Waals surface area contributed by atoms with Gasteiger partial charge < -0.3 is 9.47 Å². The van der Waals surface area contributed by atoms with Gasteiger partial charge >= 0.3 is 5.97 Å². The third kappa shape index (κ3) is 5.33. The van der Waals surface area contributed by atoms with E-state index in [-0.39, 0.29) is 23.9 Å². The molecule has 7 nitrogen and oxygen atoms in total.